The van der Waals surface area contributed by atoms with Crippen molar-refractivity contribution in [3.8, 4) is 10.6 Å². The lowest BCUT2D eigenvalue weighted by Crippen LogP contribution is -2.25. The van der Waals surface area contributed by atoms with E-state index in [1.54, 1.807) is 5.51 Å². The van der Waals surface area contributed by atoms with E-state index >= 15 is 0 Å². The molecular weight excluding hydrogens is 451 g/mol. The smallest absolute Gasteiger partial charge is 0.151 e. The molecule has 0 spiro atoms. The number of carbonyl (C=O) groups is 1. The Hall–Kier alpha value is -3.03. The van der Waals surface area contributed by atoms with E-state index in [-0.39, 0.29) is 11.3 Å². The standard InChI is InChI=1S/C16H16N2OS.C12H20BN2/c1-11(2)13(9-19)7-8-14-12(3)5-4-6-15(14)16-18-17-10-20-16;1-12(2,3)9-6-7-10(13-4)11(8-9)15-14-5/h4-11H,3H2,1-2H3;6-8,14-15H,1-5H3/b13-7-,14-8+;. The van der Waals surface area contributed by atoms with E-state index < -0.39 is 0 Å². The SMILES string of the molecule is C=c1cccc(-c2nncs2)/c1=C/C=C(/C=O)C(C)C.C[B]c1ccc(C(C)(C)C)cc1NNC. The van der Waals surface area contributed by atoms with Gasteiger partial charge in [-0.2, -0.15) is 0 Å². The van der Waals surface area contributed by atoms with Crippen LogP contribution in [-0.2, 0) is 10.2 Å². The first kappa shape index (κ1) is 28.2. The van der Waals surface area contributed by atoms with Crippen molar-refractivity contribution in [2.45, 2.75) is 46.9 Å². The zero-order chi connectivity index (χ0) is 26.0. The zero-order valence-corrected chi connectivity index (χ0v) is 22.7. The molecular formula is C28H36BN4OS. The summed E-state index contributed by atoms with van der Waals surface area (Å²) in [6, 6.07) is 12.4. The second kappa shape index (κ2) is 13.2. The molecule has 0 fully saturated rings. The number of aldehydes is 1. The third-order valence-electron chi connectivity index (χ3n) is 5.52. The highest BCUT2D eigenvalue weighted by atomic mass is 32.1. The van der Waals surface area contributed by atoms with Gasteiger partial charge in [-0.25, -0.2) is 5.43 Å². The highest BCUT2D eigenvalue weighted by Crippen LogP contribution is 2.23. The fourth-order valence-corrected chi connectivity index (χ4v) is 3.94. The first-order valence-corrected chi connectivity index (χ1v) is 12.6. The molecule has 0 unspecified atom stereocenters. The third-order valence-corrected chi connectivity index (χ3v) is 6.25. The molecule has 1 aromatic heterocycles. The minimum absolute atomic E-state index is 0.191. The normalized spacial score (nSPS) is 12.2. The lowest BCUT2D eigenvalue weighted by atomic mass is 9.71. The number of benzene rings is 2. The van der Waals surface area contributed by atoms with Crippen LogP contribution in [0.2, 0.25) is 6.82 Å². The van der Waals surface area contributed by atoms with Crippen LogP contribution in [0.3, 0.4) is 0 Å². The Labute approximate surface area is 214 Å². The first-order chi connectivity index (χ1) is 16.6. The van der Waals surface area contributed by atoms with Crippen molar-refractivity contribution in [1.29, 1.82) is 0 Å². The summed E-state index contributed by atoms with van der Waals surface area (Å²) < 4.78 is 0. The van der Waals surface area contributed by atoms with Crippen LogP contribution in [0.25, 0.3) is 23.2 Å². The molecule has 0 amide bonds. The molecule has 0 aliphatic rings. The van der Waals surface area contributed by atoms with E-state index in [4.69, 9.17) is 0 Å². The minimum Gasteiger partial charge on any atom is -0.322 e. The molecule has 0 saturated carbocycles. The van der Waals surface area contributed by atoms with E-state index in [0.717, 1.165) is 38.6 Å². The van der Waals surface area contributed by atoms with Crippen molar-refractivity contribution in [3.05, 3.63) is 69.6 Å². The lowest BCUT2D eigenvalue weighted by Gasteiger charge is -2.21. The van der Waals surface area contributed by atoms with Gasteiger partial charge in [0.2, 0.25) is 0 Å². The van der Waals surface area contributed by atoms with Crippen LogP contribution in [0, 0.1) is 5.92 Å². The Morgan fingerprint density at radius 2 is 1.94 bits per heavy atom. The molecule has 0 aliphatic carbocycles. The van der Waals surface area contributed by atoms with Gasteiger partial charge in [-0.1, -0.05) is 107 Å². The van der Waals surface area contributed by atoms with Crippen molar-refractivity contribution in [2.75, 3.05) is 12.5 Å². The van der Waals surface area contributed by atoms with Gasteiger partial charge in [0, 0.05) is 18.3 Å². The van der Waals surface area contributed by atoms with E-state index in [0.29, 0.717) is 0 Å². The lowest BCUT2D eigenvalue weighted by molar-refractivity contribution is -0.105. The number of aromatic nitrogens is 2. The minimum atomic E-state index is 0.191. The maximum atomic E-state index is 11.0. The average molecular weight is 488 g/mol. The molecule has 0 bridgehead atoms. The molecule has 2 N–H and O–H groups in total. The van der Waals surface area contributed by atoms with Gasteiger partial charge in [0.15, 0.2) is 7.28 Å². The van der Waals surface area contributed by atoms with Crippen molar-refractivity contribution < 1.29 is 4.79 Å². The van der Waals surface area contributed by atoms with Gasteiger partial charge in [0.25, 0.3) is 0 Å². The predicted octanol–water partition coefficient (Wildman–Crippen LogP) is 4.09. The van der Waals surface area contributed by atoms with Gasteiger partial charge < -0.3 is 5.43 Å². The molecule has 7 heteroatoms. The number of hydrogen-bond donors (Lipinski definition) is 2. The Bertz CT molecular complexity index is 1240. The Kier molecular flexibility index (Phi) is 10.6. The number of hydrazine groups is 1. The molecule has 183 valence electrons. The molecule has 2 aromatic carbocycles. The number of hydrogen-bond acceptors (Lipinski definition) is 6. The fourth-order valence-electron chi connectivity index (χ4n) is 3.35. The number of anilines is 1. The average Bonchev–Trinajstić information content (AvgIpc) is 3.35. The van der Waals surface area contributed by atoms with Gasteiger partial charge in [-0.05, 0) is 39.0 Å². The first-order valence-electron chi connectivity index (χ1n) is 11.7. The van der Waals surface area contributed by atoms with Crippen molar-refractivity contribution >= 4 is 48.7 Å². The number of nitrogens with one attached hydrogen (secondary N) is 2. The second-order valence-corrected chi connectivity index (χ2v) is 10.3. The zero-order valence-electron chi connectivity index (χ0n) is 21.8. The van der Waals surface area contributed by atoms with Crippen molar-refractivity contribution in [1.82, 2.24) is 15.6 Å². The van der Waals surface area contributed by atoms with E-state index in [9.17, 15) is 4.79 Å². The van der Waals surface area contributed by atoms with Crippen LogP contribution >= 0.6 is 11.3 Å². The summed E-state index contributed by atoms with van der Waals surface area (Å²) in [4.78, 5) is 11.0. The summed E-state index contributed by atoms with van der Waals surface area (Å²) >= 11 is 1.48. The molecule has 0 atom stereocenters. The molecule has 35 heavy (non-hydrogen) atoms. The van der Waals surface area contributed by atoms with Gasteiger partial charge in [-0.3, -0.25) is 4.79 Å². The van der Waals surface area contributed by atoms with Crippen LogP contribution < -0.4 is 26.8 Å². The topological polar surface area (TPSA) is 66.9 Å². The van der Waals surface area contributed by atoms with Gasteiger partial charge >= 0.3 is 0 Å². The van der Waals surface area contributed by atoms with Crippen LogP contribution in [0.5, 0.6) is 0 Å². The fraction of sp³-hybridized carbons (Fsp3) is 0.321. The Balaban J connectivity index is 0.000000258. The number of allylic oxidation sites excluding steroid dienone is 2. The summed E-state index contributed by atoms with van der Waals surface area (Å²) in [5, 5.41) is 10.7. The molecule has 5 nitrogen and oxygen atoms in total. The number of carbonyl (C=O) groups excluding carboxylic acids is 1. The van der Waals surface area contributed by atoms with Crippen LogP contribution in [-0.4, -0.2) is 30.8 Å². The summed E-state index contributed by atoms with van der Waals surface area (Å²) in [5.74, 6) is 0.200. The highest BCUT2D eigenvalue weighted by molar-refractivity contribution is 7.12. The molecule has 0 aliphatic heterocycles. The molecule has 0 saturated heterocycles. The Morgan fingerprint density at radius 1 is 1.20 bits per heavy atom. The predicted molar refractivity (Wildman–Crippen MR) is 153 cm³/mol. The van der Waals surface area contributed by atoms with Crippen LogP contribution in [0.4, 0.5) is 5.69 Å². The van der Waals surface area contributed by atoms with Crippen molar-refractivity contribution in [3.63, 3.8) is 0 Å². The molecule has 1 heterocycles. The summed E-state index contributed by atoms with van der Waals surface area (Å²) in [5.41, 5.74) is 13.5. The number of rotatable bonds is 7. The van der Waals surface area contributed by atoms with Crippen LogP contribution in [0.1, 0.15) is 40.2 Å². The Morgan fingerprint density at radius 3 is 2.49 bits per heavy atom. The number of nitrogens with zero attached hydrogens (tertiary/aromatic N) is 2. The van der Waals surface area contributed by atoms with Crippen LogP contribution in [0.15, 0.2) is 53.6 Å². The van der Waals surface area contributed by atoms with Gasteiger partial charge in [-0.15, -0.1) is 10.2 Å². The van der Waals surface area contributed by atoms with E-state index in [1.165, 1.54) is 22.4 Å². The quantitative estimate of drug-likeness (QED) is 0.228. The summed E-state index contributed by atoms with van der Waals surface area (Å²) in [6.45, 7) is 16.8. The highest BCUT2D eigenvalue weighted by Gasteiger charge is 2.15. The summed E-state index contributed by atoms with van der Waals surface area (Å²) in [6.07, 6.45) is 4.69. The monoisotopic (exact) mass is 487 g/mol. The maximum absolute atomic E-state index is 11.0. The second-order valence-electron chi connectivity index (χ2n) is 9.44. The van der Waals surface area contributed by atoms with E-state index in [2.05, 4.69) is 73.9 Å². The van der Waals surface area contributed by atoms with Gasteiger partial charge in [0.05, 0.1) is 0 Å². The molecule has 3 rings (SSSR count). The largest absolute Gasteiger partial charge is 0.322 e. The third kappa shape index (κ3) is 8.01. The maximum Gasteiger partial charge on any atom is 0.151 e. The molecule has 1 radical (unpaired) electrons. The molecule has 3 aromatic rings. The van der Waals surface area contributed by atoms with Crippen molar-refractivity contribution in [2.24, 2.45) is 5.92 Å². The van der Waals surface area contributed by atoms with Gasteiger partial charge in [0.1, 0.15) is 16.8 Å². The van der Waals surface area contributed by atoms with E-state index in [1.807, 2.05) is 58.1 Å². The summed E-state index contributed by atoms with van der Waals surface area (Å²) in [7, 11) is 3.98.